The molecule has 2 N–H and O–H groups in total. The number of nitrogens with zero attached hydrogens (tertiary/aromatic N) is 1. The van der Waals surface area contributed by atoms with Gasteiger partial charge in [-0.15, -0.1) is 0 Å². The lowest BCUT2D eigenvalue weighted by Gasteiger charge is -2.24. The molecule has 0 spiro atoms. The fraction of sp³-hybridized carbons (Fsp3) is 0.500. The van der Waals surface area contributed by atoms with Gasteiger partial charge in [-0.25, -0.2) is 0 Å². The third kappa shape index (κ3) is 2.99. The van der Waals surface area contributed by atoms with E-state index in [1.807, 2.05) is 17.0 Å². The van der Waals surface area contributed by atoms with Gasteiger partial charge in [-0.2, -0.15) is 0 Å². The Balaban J connectivity index is 2.15. The van der Waals surface area contributed by atoms with Gasteiger partial charge in [0.25, 0.3) is 5.91 Å². The van der Waals surface area contributed by atoms with E-state index in [1.54, 1.807) is 12.1 Å². The number of hydrogen-bond acceptors (Lipinski definition) is 2. The molecule has 0 radical (unpaired) electrons. The van der Waals surface area contributed by atoms with E-state index >= 15 is 0 Å². The van der Waals surface area contributed by atoms with Crippen LogP contribution in [-0.2, 0) is 0 Å². The van der Waals surface area contributed by atoms with Crippen molar-refractivity contribution >= 4 is 11.6 Å². The third-order valence-corrected chi connectivity index (χ3v) is 2.94. The summed E-state index contributed by atoms with van der Waals surface area (Å²) in [5.41, 5.74) is 7.07. The Morgan fingerprint density at radius 2 is 2.18 bits per heavy atom. The Labute approximate surface area is 103 Å². The van der Waals surface area contributed by atoms with Crippen LogP contribution < -0.4 is 5.73 Å². The van der Waals surface area contributed by atoms with Crippen LogP contribution in [0.1, 0.15) is 37.0 Å². The highest BCUT2D eigenvalue weighted by Crippen LogP contribution is 2.29. The van der Waals surface area contributed by atoms with Crippen molar-refractivity contribution in [3.63, 3.8) is 0 Å². The number of benzene rings is 1. The molecule has 0 bridgehead atoms. The molecule has 92 valence electrons. The van der Waals surface area contributed by atoms with E-state index < -0.39 is 0 Å². The Morgan fingerprint density at radius 1 is 1.47 bits per heavy atom. The monoisotopic (exact) mass is 232 g/mol. The number of nitrogen functional groups attached to an aromatic ring is 1. The molecule has 0 heterocycles. The largest absolute Gasteiger partial charge is 0.399 e. The van der Waals surface area contributed by atoms with E-state index in [-0.39, 0.29) is 5.91 Å². The SMILES string of the molecule is CC(C)CN(C(=O)c1cccc(N)c1)C1CC1. The molecular weight excluding hydrogens is 212 g/mol. The Hall–Kier alpha value is -1.51. The molecule has 0 saturated heterocycles. The van der Waals surface area contributed by atoms with Crippen molar-refractivity contribution in [1.82, 2.24) is 4.90 Å². The van der Waals surface area contributed by atoms with Crippen LogP contribution in [0, 0.1) is 5.92 Å². The van der Waals surface area contributed by atoms with E-state index in [1.165, 1.54) is 0 Å². The Bertz CT molecular complexity index is 410. The van der Waals surface area contributed by atoms with Crippen molar-refractivity contribution in [3.8, 4) is 0 Å². The summed E-state index contributed by atoms with van der Waals surface area (Å²) in [7, 11) is 0. The molecule has 3 heteroatoms. The quantitative estimate of drug-likeness (QED) is 0.811. The molecule has 1 fully saturated rings. The zero-order valence-corrected chi connectivity index (χ0v) is 10.5. The molecule has 1 aliphatic rings. The number of carbonyl (C=O) groups excluding carboxylic acids is 1. The predicted molar refractivity (Wildman–Crippen MR) is 69.8 cm³/mol. The normalized spacial score (nSPS) is 15.0. The number of amides is 1. The van der Waals surface area contributed by atoms with E-state index in [4.69, 9.17) is 5.73 Å². The van der Waals surface area contributed by atoms with Crippen molar-refractivity contribution in [1.29, 1.82) is 0 Å². The molecule has 1 amide bonds. The molecule has 1 aromatic carbocycles. The molecule has 1 saturated carbocycles. The molecule has 0 aromatic heterocycles. The molecule has 0 aliphatic heterocycles. The zero-order valence-electron chi connectivity index (χ0n) is 10.5. The summed E-state index contributed by atoms with van der Waals surface area (Å²) in [6.45, 7) is 5.11. The summed E-state index contributed by atoms with van der Waals surface area (Å²) in [6.07, 6.45) is 2.28. The van der Waals surface area contributed by atoms with Crippen molar-refractivity contribution in [2.45, 2.75) is 32.7 Å². The third-order valence-electron chi connectivity index (χ3n) is 2.94. The predicted octanol–water partition coefficient (Wildman–Crippen LogP) is 2.53. The lowest BCUT2D eigenvalue weighted by atomic mass is 10.1. The van der Waals surface area contributed by atoms with Gasteiger partial charge in [-0.3, -0.25) is 4.79 Å². The van der Waals surface area contributed by atoms with Gasteiger partial charge in [0.1, 0.15) is 0 Å². The van der Waals surface area contributed by atoms with Gasteiger partial charge in [-0.1, -0.05) is 19.9 Å². The van der Waals surface area contributed by atoms with Gasteiger partial charge in [0, 0.05) is 23.8 Å². The van der Waals surface area contributed by atoms with Gasteiger partial charge in [0.2, 0.25) is 0 Å². The minimum Gasteiger partial charge on any atom is -0.399 e. The van der Waals surface area contributed by atoms with Crippen molar-refractivity contribution in [2.75, 3.05) is 12.3 Å². The Morgan fingerprint density at radius 3 is 2.71 bits per heavy atom. The molecule has 0 atom stereocenters. The van der Waals surface area contributed by atoms with Crippen LogP contribution >= 0.6 is 0 Å². The second kappa shape index (κ2) is 4.78. The minimum absolute atomic E-state index is 0.119. The number of nitrogens with two attached hydrogens (primary N) is 1. The fourth-order valence-corrected chi connectivity index (χ4v) is 2.01. The highest BCUT2D eigenvalue weighted by Gasteiger charge is 2.33. The smallest absolute Gasteiger partial charge is 0.254 e. The fourth-order valence-electron chi connectivity index (χ4n) is 2.01. The maximum Gasteiger partial charge on any atom is 0.254 e. The Kier molecular flexibility index (Phi) is 3.36. The molecule has 2 rings (SSSR count). The highest BCUT2D eigenvalue weighted by atomic mass is 16.2. The van der Waals surface area contributed by atoms with Crippen molar-refractivity contribution < 1.29 is 4.79 Å². The van der Waals surface area contributed by atoms with Gasteiger partial charge in [-0.05, 0) is 37.0 Å². The van der Waals surface area contributed by atoms with Gasteiger partial charge in [0.15, 0.2) is 0 Å². The number of rotatable bonds is 4. The summed E-state index contributed by atoms with van der Waals surface area (Å²) in [5.74, 6) is 0.620. The highest BCUT2D eigenvalue weighted by molar-refractivity contribution is 5.95. The molecule has 1 aliphatic carbocycles. The second-order valence-electron chi connectivity index (χ2n) is 5.21. The lowest BCUT2D eigenvalue weighted by molar-refractivity contribution is 0.0722. The first-order chi connectivity index (χ1) is 8.08. The molecule has 17 heavy (non-hydrogen) atoms. The average Bonchev–Trinajstić information content (AvgIpc) is 3.08. The summed E-state index contributed by atoms with van der Waals surface area (Å²) in [5, 5.41) is 0. The molecule has 0 unspecified atom stereocenters. The number of anilines is 1. The average molecular weight is 232 g/mol. The van der Waals surface area contributed by atoms with Crippen LogP contribution in [0.4, 0.5) is 5.69 Å². The summed E-state index contributed by atoms with van der Waals surface area (Å²) in [6, 6.07) is 7.70. The summed E-state index contributed by atoms with van der Waals surface area (Å²) >= 11 is 0. The first-order valence-corrected chi connectivity index (χ1v) is 6.24. The number of carbonyl (C=O) groups is 1. The molecule has 3 nitrogen and oxygen atoms in total. The van der Waals surface area contributed by atoms with E-state index in [2.05, 4.69) is 13.8 Å². The van der Waals surface area contributed by atoms with Crippen molar-refractivity contribution in [2.24, 2.45) is 5.92 Å². The van der Waals surface area contributed by atoms with Crippen LogP contribution in [0.15, 0.2) is 24.3 Å². The van der Waals surface area contributed by atoms with Crippen LogP contribution in [0.5, 0.6) is 0 Å². The topological polar surface area (TPSA) is 46.3 Å². The molecule has 1 aromatic rings. The first kappa shape index (κ1) is 12.0. The first-order valence-electron chi connectivity index (χ1n) is 6.24. The van der Waals surface area contributed by atoms with E-state index in [0.717, 1.165) is 19.4 Å². The zero-order chi connectivity index (χ0) is 12.4. The minimum atomic E-state index is 0.119. The summed E-state index contributed by atoms with van der Waals surface area (Å²) in [4.78, 5) is 14.4. The summed E-state index contributed by atoms with van der Waals surface area (Å²) < 4.78 is 0. The maximum absolute atomic E-state index is 12.4. The van der Waals surface area contributed by atoms with Gasteiger partial charge >= 0.3 is 0 Å². The van der Waals surface area contributed by atoms with Crippen LogP contribution in [0.2, 0.25) is 0 Å². The van der Waals surface area contributed by atoms with E-state index in [0.29, 0.717) is 23.2 Å². The number of hydrogen-bond donors (Lipinski definition) is 1. The molecular formula is C14H20N2O. The second-order valence-corrected chi connectivity index (χ2v) is 5.21. The lowest BCUT2D eigenvalue weighted by Crippen LogP contribution is -2.36. The van der Waals surface area contributed by atoms with Crippen molar-refractivity contribution in [3.05, 3.63) is 29.8 Å². The van der Waals surface area contributed by atoms with Crippen LogP contribution in [0.3, 0.4) is 0 Å². The van der Waals surface area contributed by atoms with Gasteiger partial charge < -0.3 is 10.6 Å². The van der Waals surface area contributed by atoms with Crippen LogP contribution in [0.25, 0.3) is 0 Å². The standard InChI is InChI=1S/C14H20N2O/c1-10(2)9-16(13-6-7-13)14(17)11-4-3-5-12(15)8-11/h3-5,8,10,13H,6-7,9,15H2,1-2H3. The maximum atomic E-state index is 12.4. The van der Waals surface area contributed by atoms with Gasteiger partial charge in [0.05, 0.1) is 0 Å². The van der Waals surface area contributed by atoms with E-state index in [9.17, 15) is 4.79 Å². The van der Waals surface area contributed by atoms with Crippen LogP contribution in [-0.4, -0.2) is 23.4 Å².